The van der Waals surface area contributed by atoms with Gasteiger partial charge in [-0.15, -0.1) is 0 Å². The normalized spacial score (nSPS) is 24.4. The molecular weight excluding hydrogens is 247 g/mol. The molecule has 17 heavy (non-hydrogen) atoms. The lowest BCUT2D eigenvalue weighted by Gasteiger charge is -2.31. The molecule has 0 amide bonds. The van der Waals surface area contributed by atoms with Crippen LogP contribution in [0.4, 0.5) is 10.1 Å². The van der Waals surface area contributed by atoms with Crippen molar-refractivity contribution >= 4 is 15.7 Å². The number of nitrogens with two attached hydrogens (primary N) is 1. The molecule has 0 unspecified atom stereocenters. The van der Waals surface area contributed by atoms with E-state index in [2.05, 4.69) is 4.72 Å². The maximum absolute atomic E-state index is 13.0. The molecule has 4 N–H and O–H groups in total. The predicted octanol–water partition coefficient (Wildman–Crippen LogP) is 0.210. The molecule has 1 aliphatic carbocycles. The fraction of sp³-hybridized carbons (Fsp3) is 0.400. The summed E-state index contributed by atoms with van der Waals surface area (Å²) >= 11 is 0. The molecule has 1 aromatic rings. The second-order valence-electron chi connectivity index (χ2n) is 4.13. The number of hydrogen-bond donors (Lipinski definition) is 3. The molecule has 0 heterocycles. The summed E-state index contributed by atoms with van der Waals surface area (Å²) in [5, 5.41) is 9.06. The predicted molar refractivity (Wildman–Crippen MR) is 60.2 cm³/mol. The summed E-state index contributed by atoms with van der Waals surface area (Å²) in [5.41, 5.74) is 5.50. The Morgan fingerprint density at radius 3 is 2.65 bits per heavy atom. The number of benzene rings is 1. The van der Waals surface area contributed by atoms with Gasteiger partial charge in [-0.1, -0.05) is 0 Å². The number of halogens is 1. The van der Waals surface area contributed by atoms with E-state index in [4.69, 9.17) is 10.8 Å². The lowest BCUT2D eigenvalue weighted by Crippen LogP contribution is -2.46. The van der Waals surface area contributed by atoms with Gasteiger partial charge in [0.05, 0.1) is 11.8 Å². The van der Waals surface area contributed by atoms with Crippen LogP contribution >= 0.6 is 0 Å². The minimum absolute atomic E-state index is 0.00114. The van der Waals surface area contributed by atoms with Crippen molar-refractivity contribution in [3.63, 3.8) is 0 Å². The second-order valence-corrected chi connectivity index (χ2v) is 5.81. The summed E-state index contributed by atoms with van der Waals surface area (Å²) in [6.07, 6.45) is 0.274. The Morgan fingerprint density at radius 1 is 1.41 bits per heavy atom. The van der Waals surface area contributed by atoms with E-state index >= 15 is 0 Å². The molecule has 5 nitrogen and oxygen atoms in total. The summed E-state index contributed by atoms with van der Waals surface area (Å²) in [7, 11) is -3.82. The lowest BCUT2D eigenvalue weighted by atomic mass is 9.91. The molecule has 0 atom stereocenters. The van der Waals surface area contributed by atoms with Crippen molar-refractivity contribution in [2.24, 2.45) is 0 Å². The third-order valence-electron chi connectivity index (χ3n) is 2.70. The van der Waals surface area contributed by atoms with E-state index in [0.29, 0.717) is 12.8 Å². The Balaban J connectivity index is 2.22. The standard InChI is InChI=1S/C10H13FN2O3S/c11-6-1-2-9(12)10(3-6)17(15,16)13-7-4-8(14)5-7/h1-3,7-8,13-14H,4-5,12H2. The number of nitrogens with one attached hydrogen (secondary N) is 1. The minimum atomic E-state index is -3.82. The Labute approximate surface area is 98.5 Å². The van der Waals surface area contributed by atoms with E-state index in [1.807, 2.05) is 0 Å². The molecule has 0 saturated heterocycles. The number of aliphatic hydroxyl groups is 1. The van der Waals surface area contributed by atoms with Gasteiger partial charge in [-0.05, 0) is 31.0 Å². The van der Waals surface area contributed by atoms with Crippen molar-refractivity contribution in [1.82, 2.24) is 4.72 Å². The van der Waals surface area contributed by atoms with Crippen molar-refractivity contribution in [3.8, 4) is 0 Å². The molecule has 0 bridgehead atoms. The molecule has 1 aliphatic rings. The summed E-state index contributed by atoms with van der Waals surface area (Å²) in [6.45, 7) is 0. The molecule has 7 heteroatoms. The molecular formula is C10H13FN2O3S. The van der Waals surface area contributed by atoms with Crippen molar-refractivity contribution in [1.29, 1.82) is 0 Å². The van der Waals surface area contributed by atoms with Gasteiger partial charge in [-0.2, -0.15) is 0 Å². The van der Waals surface area contributed by atoms with Crippen molar-refractivity contribution in [2.45, 2.75) is 29.9 Å². The average molecular weight is 260 g/mol. The minimum Gasteiger partial charge on any atom is -0.398 e. The van der Waals surface area contributed by atoms with Gasteiger partial charge in [-0.3, -0.25) is 0 Å². The van der Waals surface area contributed by atoms with Crippen molar-refractivity contribution in [3.05, 3.63) is 24.0 Å². The van der Waals surface area contributed by atoms with Gasteiger partial charge in [-0.25, -0.2) is 17.5 Å². The third kappa shape index (κ3) is 2.56. The highest BCUT2D eigenvalue weighted by atomic mass is 32.2. The fourth-order valence-corrected chi connectivity index (χ4v) is 3.11. The lowest BCUT2D eigenvalue weighted by molar-refractivity contribution is 0.0712. The first-order valence-corrected chi connectivity index (χ1v) is 6.62. The van der Waals surface area contributed by atoms with E-state index in [-0.39, 0.29) is 16.6 Å². The molecule has 0 radical (unpaired) electrons. The maximum Gasteiger partial charge on any atom is 0.242 e. The first kappa shape index (κ1) is 12.3. The summed E-state index contributed by atoms with van der Waals surface area (Å²) in [4.78, 5) is -0.265. The van der Waals surface area contributed by atoms with E-state index < -0.39 is 21.9 Å². The van der Waals surface area contributed by atoms with Crippen LogP contribution in [0, 0.1) is 5.82 Å². The van der Waals surface area contributed by atoms with Gasteiger partial charge < -0.3 is 10.8 Å². The zero-order valence-electron chi connectivity index (χ0n) is 8.93. The van der Waals surface area contributed by atoms with E-state index in [0.717, 1.165) is 12.1 Å². The number of aliphatic hydroxyl groups excluding tert-OH is 1. The Bertz CT molecular complexity index is 526. The highest BCUT2D eigenvalue weighted by molar-refractivity contribution is 7.89. The van der Waals surface area contributed by atoms with Gasteiger partial charge in [0.2, 0.25) is 10.0 Å². The Hall–Kier alpha value is -1.18. The number of sulfonamides is 1. The van der Waals surface area contributed by atoms with Crippen LogP contribution in [0.2, 0.25) is 0 Å². The monoisotopic (exact) mass is 260 g/mol. The quantitative estimate of drug-likeness (QED) is 0.677. The van der Waals surface area contributed by atoms with Crippen LogP contribution in [0.5, 0.6) is 0 Å². The highest BCUT2D eigenvalue weighted by Crippen LogP contribution is 2.24. The third-order valence-corrected chi connectivity index (χ3v) is 4.28. The van der Waals surface area contributed by atoms with Crippen LogP contribution in [0.1, 0.15) is 12.8 Å². The molecule has 2 rings (SSSR count). The van der Waals surface area contributed by atoms with Crippen LogP contribution in [-0.4, -0.2) is 25.7 Å². The van der Waals surface area contributed by atoms with E-state index in [1.54, 1.807) is 0 Å². The van der Waals surface area contributed by atoms with Gasteiger partial charge >= 0.3 is 0 Å². The van der Waals surface area contributed by atoms with Gasteiger partial charge in [0, 0.05) is 6.04 Å². The number of nitrogen functional groups attached to an aromatic ring is 1. The number of anilines is 1. The molecule has 0 spiro atoms. The largest absolute Gasteiger partial charge is 0.398 e. The Kier molecular flexibility index (Phi) is 3.07. The first-order chi connectivity index (χ1) is 7.88. The van der Waals surface area contributed by atoms with Gasteiger partial charge in [0.25, 0.3) is 0 Å². The molecule has 1 fully saturated rings. The summed E-state index contributed by atoms with van der Waals surface area (Å²) in [5.74, 6) is -0.659. The molecule has 0 aromatic heterocycles. The van der Waals surface area contributed by atoms with Crippen molar-refractivity contribution in [2.75, 3.05) is 5.73 Å². The van der Waals surface area contributed by atoms with E-state index in [1.165, 1.54) is 6.07 Å². The zero-order valence-corrected chi connectivity index (χ0v) is 9.74. The smallest absolute Gasteiger partial charge is 0.242 e. The zero-order chi connectivity index (χ0) is 12.6. The second kappa shape index (κ2) is 4.25. The SMILES string of the molecule is Nc1ccc(F)cc1S(=O)(=O)NC1CC(O)C1. The van der Waals surface area contributed by atoms with Crippen LogP contribution in [-0.2, 0) is 10.0 Å². The molecule has 1 saturated carbocycles. The first-order valence-electron chi connectivity index (χ1n) is 5.14. The molecule has 94 valence electrons. The average Bonchev–Trinajstić information content (AvgIpc) is 2.19. The van der Waals surface area contributed by atoms with Gasteiger partial charge in [0.1, 0.15) is 10.7 Å². The molecule has 0 aliphatic heterocycles. The van der Waals surface area contributed by atoms with Crippen molar-refractivity contribution < 1.29 is 17.9 Å². The number of hydrogen-bond acceptors (Lipinski definition) is 4. The Morgan fingerprint density at radius 2 is 2.06 bits per heavy atom. The topological polar surface area (TPSA) is 92.4 Å². The van der Waals surface area contributed by atoms with Gasteiger partial charge in [0.15, 0.2) is 0 Å². The summed E-state index contributed by atoms with van der Waals surface area (Å²) < 4.78 is 39.1. The molecule has 1 aromatic carbocycles. The van der Waals surface area contributed by atoms with Crippen LogP contribution in [0.25, 0.3) is 0 Å². The van der Waals surface area contributed by atoms with Crippen LogP contribution < -0.4 is 10.5 Å². The maximum atomic E-state index is 13.0. The van der Waals surface area contributed by atoms with E-state index in [9.17, 15) is 12.8 Å². The van der Waals surface area contributed by atoms with Crippen LogP contribution in [0.15, 0.2) is 23.1 Å². The fourth-order valence-electron chi connectivity index (χ4n) is 1.71. The number of rotatable bonds is 3. The van der Waals surface area contributed by atoms with Crippen LogP contribution in [0.3, 0.4) is 0 Å². The highest BCUT2D eigenvalue weighted by Gasteiger charge is 2.32. The summed E-state index contributed by atoms with van der Waals surface area (Å²) in [6, 6.07) is 2.88.